The molecule has 7 heteroatoms. The van der Waals surface area contributed by atoms with E-state index in [1.54, 1.807) is 42.5 Å². The highest BCUT2D eigenvalue weighted by molar-refractivity contribution is 5.71. The number of esters is 1. The molecular weight excluding hydrogens is 502 g/mol. The Bertz CT molecular complexity index is 1300. The Hall–Kier alpha value is -3.45. The molecule has 0 saturated heterocycles. The lowest BCUT2D eigenvalue weighted by molar-refractivity contribution is -0.140. The summed E-state index contributed by atoms with van der Waals surface area (Å²) in [7, 11) is 2.81. The number of halogens is 2. The van der Waals surface area contributed by atoms with E-state index in [-0.39, 0.29) is 30.6 Å². The number of aryl methyl sites for hydroxylation is 1. The molecule has 0 aliphatic heterocycles. The van der Waals surface area contributed by atoms with Crippen LogP contribution >= 0.6 is 0 Å². The number of hydrogen-bond acceptors (Lipinski definition) is 5. The van der Waals surface area contributed by atoms with Crippen LogP contribution in [0.15, 0.2) is 54.6 Å². The summed E-state index contributed by atoms with van der Waals surface area (Å²) in [5, 5.41) is 11.2. The monoisotopic (exact) mass is 538 g/mol. The first-order valence-electron chi connectivity index (χ1n) is 13.4. The Morgan fingerprint density at radius 3 is 2.38 bits per heavy atom. The molecule has 5 rings (SSSR count). The van der Waals surface area contributed by atoms with Gasteiger partial charge in [0.15, 0.2) is 11.6 Å². The van der Waals surface area contributed by atoms with Crippen LogP contribution in [-0.2, 0) is 22.6 Å². The van der Waals surface area contributed by atoms with Crippen LogP contribution in [0.25, 0.3) is 11.1 Å². The van der Waals surface area contributed by atoms with Gasteiger partial charge in [0.05, 0.1) is 20.3 Å². The molecule has 5 nitrogen and oxygen atoms in total. The second-order valence-corrected chi connectivity index (χ2v) is 10.5. The SMILES string of the molecule is C1CC1.COC(=O)CCc1cccc(OCc2ccc(-c3cc(OC)ccc3F)c(C(O)C3(C)CC3)c2)c1F. The van der Waals surface area contributed by atoms with E-state index in [4.69, 9.17) is 9.47 Å². The van der Waals surface area contributed by atoms with E-state index >= 15 is 0 Å². The molecule has 0 heterocycles. The minimum absolute atomic E-state index is 0.0503. The second-order valence-electron chi connectivity index (χ2n) is 10.5. The third-order valence-electron chi connectivity index (χ3n) is 7.19. The predicted octanol–water partition coefficient (Wildman–Crippen LogP) is 7.33. The van der Waals surface area contributed by atoms with Gasteiger partial charge in [-0.25, -0.2) is 8.78 Å². The van der Waals surface area contributed by atoms with Crippen molar-refractivity contribution in [3.8, 4) is 22.6 Å². The van der Waals surface area contributed by atoms with Crippen molar-refractivity contribution < 1.29 is 32.9 Å². The maximum atomic E-state index is 14.9. The average molecular weight is 539 g/mol. The van der Waals surface area contributed by atoms with Gasteiger partial charge in [-0.3, -0.25) is 4.79 Å². The number of aliphatic hydroxyl groups is 1. The predicted molar refractivity (Wildman–Crippen MR) is 146 cm³/mol. The van der Waals surface area contributed by atoms with Gasteiger partial charge >= 0.3 is 5.97 Å². The fraction of sp³-hybridized carbons (Fsp3) is 0.406. The van der Waals surface area contributed by atoms with Crippen molar-refractivity contribution in [2.24, 2.45) is 5.41 Å². The zero-order valence-electron chi connectivity index (χ0n) is 22.8. The Morgan fingerprint density at radius 2 is 1.74 bits per heavy atom. The maximum Gasteiger partial charge on any atom is 0.305 e. The van der Waals surface area contributed by atoms with Crippen LogP contribution in [0.5, 0.6) is 11.5 Å². The Balaban J connectivity index is 0.00000110. The Kier molecular flexibility index (Phi) is 9.23. The third kappa shape index (κ3) is 7.35. The molecule has 3 aromatic rings. The molecule has 2 aliphatic rings. The summed E-state index contributed by atoms with van der Waals surface area (Å²) in [5.74, 6) is -0.776. The molecule has 2 fully saturated rings. The summed E-state index contributed by atoms with van der Waals surface area (Å²) >= 11 is 0. The van der Waals surface area contributed by atoms with Gasteiger partial charge in [-0.15, -0.1) is 0 Å². The third-order valence-corrected chi connectivity index (χ3v) is 7.19. The fourth-order valence-corrected chi connectivity index (χ4v) is 4.22. The number of hydrogen-bond donors (Lipinski definition) is 1. The van der Waals surface area contributed by atoms with E-state index in [1.807, 2.05) is 6.92 Å². The lowest BCUT2D eigenvalue weighted by Gasteiger charge is -2.23. The maximum absolute atomic E-state index is 14.9. The highest BCUT2D eigenvalue weighted by atomic mass is 19.1. The molecule has 1 atom stereocenters. The van der Waals surface area contributed by atoms with Crippen molar-refractivity contribution in [2.75, 3.05) is 14.2 Å². The summed E-state index contributed by atoms with van der Waals surface area (Å²) in [6.07, 6.45) is 5.72. The molecule has 0 bridgehead atoms. The number of rotatable bonds is 10. The molecule has 2 saturated carbocycles. The molecule has 1 N–H and O–H groups in total. The van der Waals surface area contributed by atoms with Gasteiger partial charge in [-0.2, -0.15) is 0 Å². The van der Waals surface area contributed by atoms with Gasteiger partial charge in [0.1, 0.15) is 18.2 Å². The smallest absolute Gasteiger partial charge is 0.305 e. The Morgan fingerprint density at radius 1 is 1.00 bits per heavy atom. The first kappa shape index (κ1) is 28.6. The van der Waals surface area contributed by atoms with Gasteiger partial charge in [0.2, 0.25) is 0 Å². The van der Waals surface area contributed by atoms with Gasteiger partial charge in [0, 0.05) is 12.0 Å². The zero-order chi connectivity index (χ0) is 28.0. The molecule has 0 spiro atoms. The number of aliphatic hydroxyl groups excluding tert-OH is 1. The van der Waals surface area contributed by atoms with Crippen molar-refractivity contribution in [2.45, 2.75) is 64.6 Å². The van der Waals surface area contributed by atoms with Crippen molar-refractivity contribution in [3.63, 3.8) is 0 Å². The molecule has 208 valence electrons. The second kappa shape index (κ2) is 12.6. The van der Waals surface area contributed by atoms with Gasteiger partial charge in [0.25, 0.3) is 0 Å². The highest BCUT2D eigenvalue weighted by Crippen LogP contribution is 2.55. The zero-order valence-corrected chi connectivity index (χ0v) is 22.8. The molecular formula is C32H36F2O5. The first-order chi connectivity index (χ1) is 18.8. The summed E-state index contributed by atoms with van der Waals surface area (Å²) < 4.78 is 45.4. The van der Waals surface area contributed by atoms with Crippen LogP contribution in [-0.4, -0.2) is 25.3 Å². The fourth-order valence-electron chi connectivity index (χ4n) is 4.22. The number of methoxy groups -OCH3 is 2. The van der Waals surface area contributed by atoms with Crippen molar-refractivity contribution in [3.05, 3.63) is 82.9 Å². The summed E-state index contributed by atoms with van der Waals surface area (Å²) in [5.41, 5.74) is 2.30. The lowest BCUT2D eigenvalue weighted by Crippen LogP contribution is -2.12. The average Bonchev–Trinajstić information content (AvgIpc) is 3.88. The number of carbonyl (C=O) groups excluding carboxylic acids is 1. The number of carbonyl (C=O) groups is 1. The van der Waals surface area contributed by atoms with E-state index in [1.165, 1.54) is 45.6 Å². The van der Waals surface area contributed by atoms with Crippen LogP contribution in [0.2, 0.25) is 0 Å². The van der Waals surface area contributed by atoms with E-state index in [0.717, 1.165) is 12.8 Å². The van der Waals surface area contributed by atoms with E-state index in [9.17, 15) is 18.7 Å². The largest absolute Gasteiger partial charge is 0.497 e. The summed E-state index contributed by atoms with van der Waals surface area (Å²) in [4.78, 5) is 11.4. The molecule has 39 heavy (non-hydrogen) atoms. The molecule has 0 aromatic heterocycles. The molecule has 0 radical (unpaired) electrons. The van der Waals surface area contributed by atoms with Crippen LogP contribution < -0.4 is 9.47 Å². The highest BCUT2D eigenvalue weighted by Gasteiger charge is 2.45. The van der Waals surface area contributed by atoms with E-state index in [0.29, 0.717) is 33.6 Å². The van der Waals surface area contributed by atoms with Gasteiger partial charge < -0.3 is 19.3 Å². The van der Waals surface area contributed by atoms with Crippen molar-refractivity contribution >= 4 is 5.97 Å². The van der Waals surface area contributed by atoms with Crippen molar-refractivity contribution in [1.29, 1.82) is 0 Å². The summed E-state index contributed by atoms with van der Waals surface area (Å²) in [6, 6.07) is 14.6. The van der Waals surface area contributed by atoms with Crippen LogP contribution in [0.1, 0.15) is 68.2 Å². The molecule has 2 aliphatic carbocycles. The van der Waals surface area contributed by atoms with Crippen LogP contribution in [0.3, 0.4) is 0 Å². The van der Waals surface area contributed by atoms with Crippen LogP contribution in [0, 0.1) is 17.0 Å². The van der Waals surface area contributed by atoms with E-state index < -0.39 is 23.7 Å². The number of ether oxygens (including phenoxy) is 3. The normalized spacial score (nSPS) is 15.4. The van der Waals surface area contributed by atoms with Gasteiger partial charge in [-0.1, -0.05) is 50.5 Å². The van der Waals surface area contributed by atoms with Gasteiger partial charge in [-0.05, 0) is 77.3 Å². The topological polar surface area (TPSA) is 65.0 Å². The standard InChI is InChI=1S/C29H30F2O5.C3H6/c1-29(13-14-29)28(33)23-15-18(7-10-21(23)22-16-20(34-2)9-11-24(22)30)17-36-25-6-4-5-19(27(25)31)8-12-26(32)35-3;1-2-3-1/h4-7,9-11,15-16,28,33H,8,12-14,17H2,1-3H3;1-3H2. The van der Waals surface area contributed by atoms with Crippen LogP contribution in [0.4, 0.5) is 8.78 Å². The quantitative estimate of drug-likeness (QED) is 0.274. The first-order valence-corrected chi connectivity index (χ1v) is 13.4. The van der Waals surface area contributed by atoms with Crippen molar-refractivity contribution in [1.82, 2.24) is 0 Å². The molecule has 1 unspecified atom stereocenters. The Labute approximate surface area is 228 Å². The minimum atomic E-state index is -0.795. The lowest BCUT2D eigenvalue weighted by atomic mass is 9.87. The molecule has 3 aromatic carbocycles. The minimum Gasteiger partial charge on any atom is -0.497 e. The molecule has 0 amide bonds. The van der Waals surface area contributed by atoms with E-state index in [2.05, 4.69) is 4.74 Å². The summed E-state index contributed by atoms with van der Waals surface area (Å²) in [6.45, 7) is 2.05. The number of benzene rings is 3.